The Balaban J connectivity index is 2.09. The van der Waals surface area contributed by atoms with Crippen LogP contribution in [0, 0.1) is 12.3 Å². The number of nitrogens with one attached hydrogen (secondary N) is 1. The van der Waals surface area contributed by atoms with Gasteiger partial charge in [0.05, 0.1) is 12.1 Å². The van der Waals surface area contributed by atoms with Crippen LogP contribution in [0.15, 0.2) is 35.6 Å². The summed E-state index contributed by atoms with van der Waals surface area (Å²) in [7, 11) is 0. The second-order valence-electron chi connectivity index (χ2n) is 3.96. The van der Waals surface area contributed by atoms with E-state index >= 15 is 0 Å². The van der Waals surface area contributed by atoms with Crippen molar-refractivity contribution in [2.75, 3.05) is 13.1 Å². The molecule has 18 heavy (non-hydrogen) atoms. The summed E-state index contributed by atoms with van der Waals surface area (Å²) in [6.07, 6.45) is 6.82. The molecule has 92 valence electrons. The van der Waals surface area contributed by atoms with E-state index < -0.39 is 0 Å². The first-order chi connectivity index (χ1) is 8.81. The number of nitrogens with zero attached hydrogens (tertiary/aromatic N) is 2. The molecule has 0 bridgehead atoms. The van der Waals surface area contributed by atoms with Crippen LogP contribution in [0.5, 0.6) is 0 Å². The van der Waals surface area contributed by atoms with Crippen molar-refractivity contribution in [1.29, 1.82) is 0 Å². The highest BCUT2D eigenvalue weighted by atomic mass is 32.2. The van der Waals surface area contributed by atoms with Crippen LogP contribution in [0.25, 0.3) is 10.9 Å². The molecule has 0 radical (unpaired) electrons. The molecule has 0 fully saturated rings. The Morgan fingerprint density at radius 1 is 1.39 bits per heavy atom. The lowest BCUT2D eigenvalue weighted by Gasteiger charge is -2.11. The fraction of sp³-hybridized carbons (Fsp3) is 0.286. The number of terminal acetylenes is 1. The van der Waals surface area contributed by atoms with Crippen molar-refractivity contribution < 1.29 is 0 Å². The summed E-state index contributed by atoms with van der Waals surface area (Å²) in [6.45, 7) is 3.63. The molecule has 1 N–H and O–H groups in total. The highest BCUT2D eigenvalue weighted by Gasteiger charge is 2.08. The summed E-state index contributed by atoms with van der Waals surface area (Å²) in [4.78, 5) is 8.62. The Morgan fingerprint density at radius 3 is 3.06 bits per heavy atom. The fourth-order valence-electron chi connectivity index (χ4n) is 1.65. The van der Waals surface area contributed by atoms with Crippen molar-refractivity contribution in [3.05, 3.63) is 30.6 Å². The topological polar surface area (TPSA) is 37.8 Å². The van der Waals surface area contributed by atoms with Gasteiger partial charge in [-0.2, -0.15) is 0 Å². The Hall–Kier alpha value is -1.57. The molecule has 4 heteroatoms. The van der Waals surface area contributed by atoms with Gasteiger partial charge in [-0.25, -0.2) is 9.97 Å². The number of aromatic nitrogens is 2. The van der Waals surface area contributed by atoms with E-state index in [0.717, 1.165) is 22.5 Å². The Labute approximate surface area is 111 Å². The number of thioether (sulfide) groups is 1. The molecule has 0 aliphatic carbocycles. The maximum Gasteiger partial charge on any atom is 0.117 e. The van der Waals surface area contributed by atoms with Crippen LogP contribution in [-0.4, -0.2) is 28.3 Å². The highest BCUT2D eigenvalue weighted by Crippen LogP contribution is 2.27. The number of rotatable bonds is 5. The molecule has 2 rings (SSSR count). The number of fused-ring (bicyclic) bond motifs is 1. The average Bonchev–Trinajstić information content (AvgIpc) is 2.39. The van der Waals surface area contributed by atoms with Crippen LogP contribution in [0.2, 0.25) is 0 Å². The van der Waals surface area contributed by atoms with Gasteiger partial charge in [0.1, 0.15) is 11.4 Å². The minimum absolute atomic E-state index is 0.414. The predicted molar refractivity (Wildman–Crippen MR) is 76.6 cm³/mol. The van der Waals surface area contributed by atoms with E-state index in [4.69, 9.17) is 6.42 Å². The molecule has 1 heterocycles. The SMILES string of the molecule is C#CCNCC(C)Sc1ncnc2ccccc12. The molecule has 0 spiro atoms. The van der Waals surface area contributed by atoms with E-state index in [1.165, 1.54) is 0 Å². The van der Waals surface area contributed by atoms with Crippen LogP contribution < -0.4 is 5.32 Å². The van der Waals surface area contributed by atoms with E-state index in [-0.39, 0.29) is 0 Å². The van der Waals surface area contributed by atoms with Crippen LogP contribution in [-0.2, 0) is 0 Å². The largest absolute Gasteiger partial charge is 0.305 e. The average molecular weight is 257 g/mol. The number of hydrogen-bond donors (Lipinski definition) is 1. The lowest BCUT2D eigenvalue weighted by atomic mass is 10.2. The lowest BCUT2D eigenvalue weighted by molar-refractivity contribution is 0.747. The fourth-order valence-corrected chi connectivity index (χ4v) is 2.64. The second kappa shape index (κ2) is 6.39. The number of para-hydroxylation sites is 1. The van der Waals surface area contributed by atoms with Crippen molar-refractivity contribution in [2.24, 2.45) is 0 Å². The molecule has 0 saturated heterocycles. The Kier molecular flexibility index (Phi) is 4.57. The van der Waals surface area contributed by atoms with Gasteiger partial charge in [0.2, 0.25) is 0 Å². The van der Waals surface area contributed by atoms with Gasteiger partial charge in [-0.1, -0.05) is 31.0 Å². The Bertz CT molecular complexity index is 557. The third-order valence-corrected chi connectivity index (χ3v) is 3.60. The molecular formula is C14H15N3S. The standard InChI is InChI=1S/C14H15N3S/c1-3-8-15-9-11(2)18-14-12-6-4-5-7-13(12)16-10-17-14/h1,4-7,10-11,15H,8-9H2,2H3. The third-order valence-electron chi connectivity index (χ3n) is 2.48. The molecule has 1 unspecified atom stereocenters. The van der Waals surface area contributed by atoms with Gasteiger partial charge in [-0.3, -0.25) is 0 Å². The summed E-state index contributed by atoms with van der Waals surface area (Å²) in [5, 5.41) is 5.75. The van der Waals surface area contributed by atoms with Crippen molar-refractivity contribution in [2.45, 2.75) is 17.2 Å². The van der Waals surface area contributed by atoms with E-state index in [0.29, 0.717) is 11.8 Å². The summed E-state index contributed by atoms with van der Waals surface area (Å²) in [5.41, 5.74) is 0.985. The smallest absolute Gasteiger partial charge is 0.117 e. The second-order valence-corrected chi connectivity index (χ2v) is 5.39. The van der Waals surface area contributed by atoms with Gasteiger partial charge < -0.3 is 5.32 Å². The third kappa shape index (κ3) is 3.22. The number of hydrogen-bond acceptors (Lipinski definition) is 4. The minimum Gasteiger partial charge on any atom is -0.305 e. The van der Waals surface area contributed by atoms with Crippen molar-refractivity contribution in [3.8, 4) is 12.3 Å². The van der Waals surface area contributed by atoms with Gasteiger partial charge in [0.25, 0.3) is 0 Å². The maximum absolute atomic E-state index is 5.20. The first kappa shape index (κ1) is 12.9. The van der Waals surface area contributed by atoms with E-state index in [2.05, 4.69) is 34.2 Å². The zero-order chi connectivity index (χ0) is 12.8. The van der Waals surface area contributed by atoms with Crippen LogP contribution in [0.3, 0.4) is 0 Å². The van der Waals surface area contributed by atoms with Crippen molar-refractivity contribution >= 4 is 22.7 Å². The zero-order valence-electron chi connectivity index (χ0n) is 10.3. The van der Waals surface area contributed by atoms with Crippen LogP contribution in [0.1, 0.15) is 6.92 Å². The van der Waals surface area contributed by atoms with Gasteiger partial charge in [0.15, 0.2) is 0 Å². The molecule has 1 atom stereocenters. The molecular weight excluding hydrogens is 242 g/mol. The lowest BCUT2D eigenvalue weighted by Crippen LogP contribution is -2.22. The molecule has 3 nitrogen and oxygen atoms in total. The predicted octanol–water partition coefficient (Wildman–Crippen LogP) is 2.33. The normalized spacial score (nSPS) is 12.2. The van der Waals surface area contributed by atoms with E-state index in [9.17, 15) is 0 Å². The summed E-state index contributed by atoms with van der Waals surface area (Å²) < 4.78 is 0. The summed E-state index contributed by atoms with van der Waals surface area (Å²) in [6, 6.07) is 8.06. The quantitative estimate of drug-likeness (QED) is 0.386. The van der Waals surface area contributed by atoms with Crippen molar-refractivity contribution in [3.63, 3.8) is 0 Å². The van der Waals surface area contributed by atoms with E-state index in [1.54, 1.807) is 18.1 Å². The maximum atomic E-state index is 5.20. The van der Waals surface area contributed by atoms with Crippen LogP contribution >= 0.6 is 11.8 Å². The molecule has 0 aliphatic rings. The minimum atomic E-state index is 0.414. The van der Waals surface area contributed by atoms with Crippen molar-refractivity contribution in [1.82, 2.24) is 15.3 Å². The van der Waals surface area contributed by atoms with Gasteiger partial charge in [0, 0.05) is 17.2 Å². The van der Waals surface area contributed by atoms with Crippen LogP contribution in [0.4, 0.5) is 0 Å². The first-order valence-corrected chi connectivity index (χ1v) is 6.70. The summed E-state index contributed by atoms with van der Waals surface area (Å²) in [5.74, 6) is 2.57. The molecule has 1 aromatic carbocycles. The highest BCUT2D eigenvalue weighted by molar-refractivity contribution is 8.00. The van der Waals surface area contributed by atoms with Gasteiger partial charge >= 0.3 is 0 Å². The number of benzene rings is 1. The van der Waals surface area contributed by atoms with Gasteiger partial charge in [-0.05, 0) is 6.07 Å². The first-order valence-electron chi connectivity index (χ1n) is 5.82. The molecule has 0 aliphatic heterocycles. The molecule has 0 amide bonds. The van der Waals surface area contributed by atoms with E-state index in [1.807, 2.05) is 18.2 Å². The van der Waals surface area contributed by atoms with Gasteiger partial charge in [-0.15, -0.1) is 18.2 Å². The summed E-state index contributed by atoms with van der Waals surface area (Å²) >= 11 is 1.74. The molecule has 2 aromatic rings. The molecule has 0 saturated carbocycles. The Morgan fingerprint density at radius 2 is 2.22 bits per heavy atom. The zero-order valence-corrected chi connectivity index (χ0v) is 11.1. The monoisotopic (exact) mass is 257 g/mol. The molecule has 1 aromatic heterocycles.